The molecule has 1 aliphatic rings. The molecule has 2 rings (SSSR count). The summed E-state index contributed by atoms with van der Waals surface area (Å²) in [6.45, 7) is 0.474. The second-order valence-electron chi connectivity index (χ2n) is 5.07. The van der Waals surface area contributed by atoms with Gasteiger partial charge in [0, 0.05) is 18.2 Å². The van der Waals surface area contributed by atoms with Crippen molar-refractivity contribution in [3.8, 4) is 0 Å². The first-order valence-corrected chi connectivity index (χ1v) is 7.99. The quantitative estimate of drug-likeness (QED) is 0.887. The predicted octanol–water partition coefficient (Wildman–Crippen LogP) is 1.61. The van der Waals surface area contributed by atoms with E-state index < -0.39 is 9.84 Å². The van der Waals surface area contributed by atoms with Gasteiger partial charge in [-0.2, -0.15) is 0 Å². The molecule has 1 aromatic carbocycles. The summed E-state index contributed by atoms with van der Waals surface area (Å²) in [6, 6.07) is 7.96. The maximum absolute atomic E-state index is 11.6. The molecule has 0 unspecified atom stereocenters. The highest BCUT2D eigenvalue weighted by Crippen LogP contribution is 2.45. The zero-order valence-corrected chi connectivity index (χ0v) is 11.0. The molecule has 3 nitrogen and oxygen atoms in total. The Morgan fingerprint density at radius 1 is 1.29 bits per heavy atom. The summed E-state index contributed by atoms with van der Waals surface area (Å²) in [7, 11) is -2.96. The van der Waals surface area contributed by atoms with Crippen LogP contribution in [0.5, 0.6) is 0 Å². The molecule has 1 fully saturated rings. The van der Waals surface area contributed by atoms with E-state index in [2.05, 4.69) is 0 Å². The van der Waals surface area contributed by atoms with Crippen molar-refractivity contribution in [2.24, 2.45) is 5.73 Å². The van der Waals surface area contributed by atoms with Crippen molar-refractivity contribution in [3.63, 3.8) is 0 Å². The Kier molecular flexibility index (Phi) is 3.27. The molecule has 0 saturated heterocycles. The first kappa shape index (κ1) is 12.6. The van der Waals surface area contributed by atoms with Crippen LogP contribution in [0.15, 0.2) is 24.3 Å². The van der Waals surface area contributed by atoms with Gasteiger partial charge < -0.3 is 5.73 Å². The van der Waals surface area contributed by atoms with Gasteiger partial charge in [0.2, 0.25) is 0 Å². The lowest BCUT2D eigenvalue weighted by Crippen LogP contribution is -2.41. The van der Waals surface area contributed by atoms with Gasteiger partial charge in [0.1, 0.15) is 9.84 Å². The van der Waals surface area contributed by atoms with Crippen LogP contribution in [-0.4, -0.2) is 20.4 Å². The van der Waals surface area contributed by atoms with Gasteiger partial charge in [-0.1, -0.05) is 30.7 Å². The minimum Gasteiger partial charge on any atom is -0.326 e. The predicted molar refractivity (Wildman–Crippen MR) is 69.6 cm³/mol. The minimum absolute atomic E-state index is 0.177. The maximum atomic E-state index is 11.6. The number of hydrogen-bond acceptors (Lipinski definition) is 3. The van der Waals surface area contributed by atoms with Gasteiger partial charge in [-0.05, 0) is 24.0 Å². The highest BCUT2D eigenvalue weighted by Gasteiger charge is 2.42. The van der Waals surface area contributed by atoms with E-state index >= 15 is 0 Å². The van der Waals surface area contributed by atoms with Crippen molar-refractivity contribution < 1.29 is 8.42 Å². The van der Waals surface area contributed by atoms with Crippen LogP contribution in [0.1, 0.15) is 30.4 Å². The third-order valence-corrected chi connectivity index (χ3v) is 4.73. The Labute approximate surface area is 103 Å². The van der Waals surface area contributed by atoms with Gasteiger partial charge in [0.15, 0.2) is 0 Å². The molecule has 0 spiro atoms. The van der Waals surface area contributed by atoms with Crippen molar-refractivity contribution in [2.45, 2.75) is 31.2 Å². The molecule has 2 N–H and O–H groups in total. The van der Waals surface area contributed by atoms with Crippen LogP contribution in [0.4, 0.5) is 0 Å². The number of rotatable bonds is 4. The SMILES string of the molecule is CS(=O)(=O)CC1(c2ccccc2CN)CCC1. The van der Waals surface area contributed by atoms with E-state index in [1.807, 2.05) is 24.3 Å². The van der Waals surface area contributed by atoms with E-state index in [4.69, 9.17) is 5.73 Å². The summed E-state index contributed by atoms with van der Waals surface area (Å²) < 4.78 is 23.2. The molecule has 1 saturated carbocycles. The molecule has 4 heteroatoms. The first-order valence-electron chi connectivity index (χ1n) is 5.93. The molecule has 94 valence electrons. The monoisotopic (exact) mass is 253 g/mol. The Hall–Kier alpha value is -0.870. The maximum Gasteiger partial charge on any atom is 0.148 e. The Balaban J connectivity index is 2.41. The van der Waals surface area contributed by atoms with Gasteiger partial charge in [0.25, 0.3) is 0 Å². The fourth-order valence-corrected chi connectivity index (χ4v) is 4.26. The van der Waals surface area contributed by atoms with Crippen LogP contribution in [0.25, 0.3) is 0 Å². The normalized spacial score (nSPS) is 18.7. The van der Waals surface area contributed by atoms with E-state index in [9.17, 15) is 8.42 Å². The second kappa shape index (κ2) is 4.42. The fraction of sp³-hybridized carbons (Fsp3) is 0.538. The van der Waals surface area contributed by atoms with E-state index in [1.165, 1.54) is 6.26 Å². The van der Waals surface area contributed by atoms with E-state index in [-0.39, 0.29) is 11.2 Å². The first-order chi connectivity index (χ1) is 7.97. The second-order valence-corrected chi connectivity index (χ2v) is 7.21. The zero-order chi connectivity index (χ0) is 12.5. The van der Waals surface area contributed by atoms with Crippen LogP contribution >= 0.6 is 0 Å². The largest absolute Gasteiger partial charge is 0.326 e. The molecule has 0 bridgehead atoms. The van der Waals surface area contributed by atoms with Crippen LogP contribution < -0.4 is 5.73 Å². The van der Waals surface area contributed by atoms with Gasteiger partial charge in [-0.25, -0.2) is 8.42 Å². The molecule has 0 heterocycles. The smallest absolute Gasteiger partial charge is 0.148 e. The molecule has 1 aromatic rings. The topological polar surface area (TPSA) is 60.2 Å². The van der Waals surface area contributed by atoms with E-state index in [1.54, 1.807) is 0 Å². The molecule has 0 atom stereocenters. The molecule has 0 radical (unpaired) electrons. The summed E-state index contributed by atoms with van der Waals surface area (Å²) >= 11 is 0. The van der Waals surface area contributed by atoms with Crippen LogP contribution in [0.2, 0.25) is 0 Å². The minimum atomic E-state index is -2.96. The van der Waals surface area contributed by atoms with Crippen LogP contribution in [0.3, 0.4) is 0 Å². The molecule has 0 amide bonds. The highest BCUT2D eigenvalue weighted by molar-refractivity contribution is 7.90. The van der Waals surface area contributed by atoms with Crippen molar-refractivity contribution in [1.82, 2.24) is 0 Å². The van der Waals surface area contributed by atoms with Gasteiger partial charge in [-0.15, -0.1) is 0 Å². The summed E-state index contributed by atoms with van der Waals surface area (Å²) in [5.74, 6) is 0.247. The zero-order valence-electron chi connectivity index (χ0n) is 10.1. The van der Waals surface area contributed by atoms with Crippen molar-refractivity contribution in [1.29, 1.82) is 0 Å². The lowest BCUT2D eigenvalue weighted by Gasteiger charge is -2.43. The number of hydrogen-bond donors (Lipinski definition) is 1. The number of sulfone groups is 1. The Bertz CT molecular complexity index is 504. The van der Waals surface area contributed by atoms with Gasteiger partial charge >= 0.3 is 0 Å². The Morgan fingerprint density at radius 3 is 2.41 bits per heavy atom. The third-order valence-electron chi connectivity index (χ3n) is 3.66. The molecular weight excluding hydrogens is 234 g/mol. The number of benzene rings is 1. The van der Waals surface area contributed by atoms with Gasteiger partial charge in [-0.3, -0.25) is 0 Å². The lowest BCUT2D eigenvalue weighted by atomic mass is 9.64. The summed E-state index contributed by atoms with van der Waals surface area (Å²) in [4.78, 5) is 0. The molecule has 0 aliphatic heterocycles. The van der Waals surface area contributed by atoms with Crippen molar-refractivity contribution in [2.75, 3.05) is 12.0 Å². The van der Waals surface area contributed by atoms with E-state index in [0.717, 1.165) is 30.4 Å². The standard InChI is InChI=1S/C13H19NO2S/c1-17(15,16)10-13(7-4-8-13)12-6-3-2-5-11(12)9-14/h2-3,5-6H,4,7-10,14H2,1H3. The van der Waals surface area contributed by atoms with Gasteiger partial charge in [0.05, 0.1) is 5.75 Å². The third kappa shape index (κ3) is 2.53. The van der Waals surface area contributed by atoms with Crippen molar-refractivity contribution in [3.05, 3.63) is 35.4 Å². The number of nitrogens with two attached hydrogens (primary N) is 1. The summed E-state index contributed by atoms with van der Waals surface area (Å²) in [6.07, 6.45) is 4.33. The molecule has 0 aromatic heterocycles. The van der Waals surface area contributed by atoms with Crippen LogP contribution in [-0.2, 0) is 21.8 Å². The highest BCUT2D eigenvalue weighted by atomic mass is 32.2. The van der Waals surface area contributed by atoms with Crippen molar-refractivity contribution >= 4 is 9.84 Å². The average Bonchev–Trinajstić information content (AvgIpc) is 2.22. The molecular formula is C13H19NO2S. The molecule has 1 aliphatic carbocycles. The lowest BCUT2D eigenvalue weighted by molar-refractivity contribution is 0.273. The van der Waals surface area contributed by atoms with E-state index in [0.29, 0.717) is 6.54 Å². The molecule has 17 heavy (non-hydrogen) atoms. The van der Waals surface area contributed by atoms with Crippen LogP contribution in [0, 0.1) is 0 Å². The summed E-state index contributed by atoms with van der Waals surface area (Å²) in [5.41, 5.74) is 7.78. The Morgan fingerprint density at radius 2 is 1.94 bits per heavy atom. The summed E-state index contributed by atoms with van der Waals surface area (Å²) in [5, 5.41) is 0. The average molecular weight is 253 g/mol. The fourth-order valence-electron chi connectivity index (χ4n) is 2.81.